The molecule has 9 heteroatoms. The summed E-state index contributed by atoms with van der Waals surface area (Å²) in [4.78, 5) is 20.0. The summed E-state index contributed by atoms with van der Waals surface area (Å²) in [5.41, 5.74) is 0. The molecule has 0 heterocycles. The fourth-order valence-corrected chi connectivity index (χ4v) is 6.66. The maximum atomic E-state index is 10.7. The Morgan fingerprint density at radius 2 is 1.31 bits per heavy atom. The summed E-state index contributed by atoms with van der Waals surface area (Å²) < 4.78 is 25.8. The molecule has 0 aliphatic rings. The van der Waals surface area contributed by atoms with Crippen LogP contribution in [0.15, 0.2) is 0 Å². The molecule has 7 nitrogen and oxygen atoms in total. The van der Waals surface area contributed by atoms with Crippen molar-refractivity contribution in [2.75, 3.05) is 0 Å². The predicted octanol–water partition coefficient (Wildman–Crippen LogP) is -0.990. The van der Waals surface area contributed by atoms with Gasteiger partial charge in [-0.3, -0.25) is 0 Å². The Labute approximate surface area is 82.0 Å². The number of rotatable bonds is 6. The minimum absolute atomic E-state index is 0.654. The van der Waals surface area contributed by atoms with E-state index in [1.807, 2.05) is 0 Å². The molecule has 0 bridgehead atoms. The minimum atomic E-state index is -3.49. The van der Waals surface area contributed by atoms with E-state index in [1.54, 1.807) is 0 Å². The molecular weight excluding hydrogens is 305 g/mol. The Kier molecular flexibility index (Phi) is 5.70. The number of carboxylic acids is 2. The second kappa shape index (κ2) is 5.97. The Hall–Kier alpha value is -0.574. The molecule has 13 heavy (non-hydrogen) atoms. The monoisotopic (exact) mass is 314 g/mol. The van der Waals surface area contributed by atoms with E-state index < -0.39 is 51.7 Å². The van der Waals surface area contributed by atoms with E-state index in [4.69, 9.17) is 10.2 Å². The summed E-state index contributed by atoms with van der Waals surface area (Å²) in [6.07, 6.45) is 0. The first-order valence-electron chi connectivity index (χ1n) is 3.09. The molecule has 0 aliphatic heterocycles. The topological polar surface area (TPSA) is 118 Å². The van der Waals surface area contributed by atoms with Crippen LogP contribution in [0.3, 0.4) is 0 Å². The van der Waals surface area contributed by atoms with Crippen LogP contribution >= 0.6 is 0 Å². The van der Waals surface area contributed by atoms with Gasteiger partial charge in [0.2, 0.25) is 0 Å². The molecular formula is C4H6Ge2O7. The van der Waals surface area contributed by atoms with Crippen LogP contribution in [0.4, 0.5) is 0 Å². The maximum absolute atomic E-state index is 10.7. The van der Waals surface area contributed by atoms with E-state index in [0.717, 1.165) is 0 Å². The molecule has 0 amide bonds. The zero-order valence-electron chi connectivity index (χ0n) is 6.35. The predicted molar refractivity (Wildman–Crippen MR) is 38.9 cm³/mol. The third-order valence-corrected chi connectivity index (χ3v) is 9.22. The summed E-state index contributed by atoms with van der Waals surface area (Å²) >= 11 is -6.97. The molecule has 0 aliphatic carbocycles. The average Bonchev–Trinajstić information content (AvgIpc) is 1.80. The van der Waals surface area contributed by atoms with E-state index in [9.17, 15) is 17.1 Å². The molecule has 2 N–H and O–H groups in total. The van der Waals surface area contributed by atoms with Gasteiger partial charge >= 0.3 is 81.8 Å². The molecule has 0 aromatic rings. The van der Waals surface area contributed by atoms with E-state index in [-0.39, 0.29) is 0 Å². The first kappa shape index (κ1) is 12.4. The van der Waals surface area contributed by atoms with Gasteiger partial charge in [0, 0.05) is 0 Å². The standard InChI is InChI=1S/C4H6Ge2O7/c7-3(8)1-5(11)13-6(12)2-4(9)10/h1-2H2,(H,7,8)(H,9,10). The summed E-state index contributed by atoms with van der Waals surface area (Å²) in [6.45, 7) is 0. The number of carbonyl (C=O) groups is 2. The van der Waals surface area contributed by atoms with Gasteiger partial charge in [0.15, 0.2) is 0 Å². The fraction of sp³-hybridized carbons (Fsp3) is 0.500. The Morgan fingerprint density at radius 1 is 1.00 bits per heavy atom. The van der Waals surface area contributed by atoms with E-state index in [0.29, 0.717) is 0 Å². The van der Waals surface area contributed by atoms with Crippen molar-refractivity contribution < 1.29 is 30.1 Å². The van der Waals surface area contributed by atoms with Crippen LogP contribution in [0.25, 0.3) is 0 Å². The van der Waals surface area contributed by atoms with Gasteiger partial charge in [0.05, 0.1) is 0 Å². The SMILES string of the molecule is O=C(O)[CH2][Ge](=[O])[O][Ge](=[O])[CH2]C(=O)O. The van der Waals surface area contributed by atoms with Gasteiger partial charge in [0.25, 0.3) is 0 Å². The first-order valence-corrected chi connectivity index (χ1v) is 9.48. The second-order valence-electron chi connectivity index (χ2n) is 1.99. The number of hydrogen-bond acceptors (Lipinski definition) is 5. The first-order chi connectivity index (χ1) is 5.91. The Morgan fingerprint density at radius 3 is 1.54 bits per heavy atom. The van der Waals surface area contributed by atoms with Crippen LogP contribution in [-0.2, 0) is 19.9 Å². The van der Waals surface area contributed by atoms with Gasteiger partial charge in [0.1, 0.15) is 0 Å². The van der Waals surface area contributed by atoms with Gasteiger partial charge in [-0.2, -0.15) is 0 Å². The van der Waals surface area contributed by atoms with Crippen molar-refractivity contribution in [1.82, 2.24) is 0 Å². The van der Waals surface area contributed by atoms with E-state index >= 15 is 0 Å². The van der Waals surface area contributed by atoms with Gasteiger partial charge in [-0.25, -0.2) is 0 Å². The molecule has 0 saturated carbocycles. The number of hydrogen-bond donors (Lipinski definition) is 2. The van der Waals surface area contributed by atoms with Crippen LogP contribution < -0.4 is 0 Å². The zero-order valence-corrected chi connectivity index (χ0v) is 10.5. The van der Waals surface area contributed by atoms with Crippen LogP contribution in [0.5, 0.6) is 0 Å². The van der Waals surface area contributed by atoms with Crippen LogP contribution in [0, 0.1) is 0 Å². The zero-order chi connectivity index (χ0) is 10.4. The van der Waals surface area contributed by atoms with Crippen molar-refractivity contribution in [3.8, 4) is 0 Å². The van der Waals surface area contributed by atoms with Gasteiger partial charge in [-0.15, -0.1) is 0 Å². The molecule has 0 atom stereocenters. The second-order valence-corrected chi connectivity index (χ2v) is 9.25. The van der Waals surface area contributed by atoms with Crippen LogP contribution in [0.1, 0.15) is 0 Å². The molecule has 72 valence electrons. The molecule has 0 spiro atoms. The normalized spacial score (nSPS) is 8.92. The van der Waals surface area contributed by atoms with Crippen molar-refractivity contribution in [3.05, 3.63) is 0 Å². The van der Waals surface area contributed by atoms with Crippen LogP contribution in [0.2, 0.25) is 10.5 Å². The molecule has 0 rings (SSSR count). The third-order valence-electron chi connectivity index (χ3n) is 0.819. The van der Waals surface area contributed by atoms with Crippen molar-refractivity contribution in [1.29, 1.82) is 0 Å². The van der Waals surface area contributed by atoms with E-state index in [2.05, 4.69) is 2.79 Å². The van der Waals surface area contributed by atoms with Crippen LogP contribution in [-0.4, -0.2) is 51.4 Å². The summed E-state index contributed by atoms with van der Waals surface area (Å²) in [5.74, 6) is -2.60. The average molecular weight is 311 g/mol. The molecule has 0 radical (unpaired) electrons. The fourth-order valence-electron chi connectivity index (χ4n) is 0.446. The van der Waals surface area contributed by atoms with Crippen molar-refractivity contribution >= 4 is 41.2 Å². The summed E-state index contributed by atoms with van der Waals surface area (Å²) in [5, 5.41) is 15.0. The number of carboxylic acid groups (broad SMARTS) is 2. The summed E-state index contributed by atoms with van der Waals surface area (Å²) in [7, 11) is 0. The molecule has 0 aromatic carbocycles. The molecule has 0 aromatic heterocycles. The number of aliphatic carboxylic acids is 2. The molecule has 0 fully saturated rings. The Balaban J connectivity index is 3.85. The molecule has 0 unspecified atom stereocenters. The van der Waals surface area contributed by atoms with Crippen molar-refractivity contribution in [2.45, 2.75) is 10.5 Å². The summed E-state index contributed by atoms with van der Waals surface area (Å²) in [6, 6.07) is 0. The van der Waals surface area contributed by atoms with Gasteiger partial charge in [-0.1, -0.05) is 0 Å². The van der Waals surface area contributed by atoms with Gasteiger partial charge in [-0.05, 0) is 0 Å². The van der Waals surface area contributed by atoms with Gasteiger partial charge < -0.3 is 0 Å². The van der Waals surface area contributed by atoms with E-state index in [1.165, 1.54) is 0 Å². The Bertz CT molecular complexity index is 233. The van der Waals surface area contributed by atoms with Crippen molar-refractivity contribution in [3.63, 3.8) is 0 Å². The quantitative estimate of drug-likeness (QED) is 0.605. The van der Waals surface area contributed by atoms with Crippen molar-refractivity contribution in [2.24, 2.45) is 0 Å². The molecule has 0 saturated heterocycles. The third kappa shape index (κ3) is 7.78.